The molecule has 2 heteroatoms. The van der Waals surface area contributed by atoms with Crippen LogP contribution in [-0.2, 0) is 0 Å². The van der Waals surface area contributed by atoms with Crippen molar-refractivity contribution < 1.29 is 4.79 Å². The van der Waals surface area contributed by atoms with Crippen LogP contribution in [0.2, 0.25) is 0 Å². The molecule has 0 unspecified atom stereocenters. The highest BCUT2D eigenvalue weighted by Gasteiger charge is 2.15. The van der Waals surface area contributed by atoms with Crippen LogP contribution in [0.15, 0.2) is 48.3 Å². The molecule has 1 aromatic heterocycles. The number of Topliss-reactive ketones (excluding diaryl/α,β-unsaturated/α-hetero) is 1. The number of carbonyl (C=O) groups excluding carboxylic acids is 1. The first-order chi connectivity index (χ1) is 9.36. The van der Waals surface area contributed by atoms with Crippen molar-refractivity contribution in [3.63, 3.8) is 0 Å². The molecule has 1 aliphatic carbocycles. The van der Waals surface area contributed by atoms with Crippen molar-refractivity contribution in [2.45, 2.75) is 32.1 Å². The second-order valence-corrected chi connectivity index (χ2v) is 5.06. The van der Waals surface area contributed by atoms with Crippen LogP contribution in [0.5, 0.6) is 0 Å². The number of allylic oxidation sites excluding steroid dienone is 2. The normalized spacial score (nSPS) is 15.9. The summed E-state index contributed by atoms with van der Waals surface area (Å²) < 4.78 is 0. The van der Waals surface area contributed by atoms with Gasteiger partial charge in [-0.1, -0.05) is 30.7 Å². The lowest BCUT2D eigenvalue weighted by Gasteiger charge is -2.07. The fraction of sp³-hybridized carbons (Fsp3) is 0.294. The highest BCUT2D eigenvalue weighted by Crippen LogP contribution is 2.25. The van der Waals surface area contributed by atoms with Gasteiger partial charge in [0.25, 0.3) is 0 Å². The number of hydrogen-bond donors (Lipinski definition) is 0. The maximum Gasteiger partial charge on any atom is 0.189 e. The Kier molecular flexibility index (Phi) is 3.41. The Bertz CT molecular complexity index is 637. The van der Waals surface area contributed by atoms with Crippen molar-refractivity contribution >= 4 is 16.6 Å². The van der Waals surface area contributed by atoms with Crippen LogP contribution >= 0.6 is 0 Å². The Morgan fingerprint density at radius 3 is 3.00 bits per heavy atom. The van der Waals surface area contributed by atoms with E-state index in [9.17, 15) is 4.79 Å². The summed E-state index contributed by atoms with van der Waals surface area (Å²) in [5, 5.41) is 2.04. The minimum atomic E-state index is 0.193. The minimum absolute atomic E-state index is 0.193. The van der Waals surface area contributed by atoms with Gasteiger partial charge in [-0.25, -0.2) is 0 Å². The Morgan fingerprint density at radius 1 is 1.11 bits per heavy atom. The molecule has 0 aliphatic heterocycles. The third kappa shape index (κ3) is 2.43. The number of nitrogens with zero attached hydrogens (tertiary/aromatic N) is 1. The summed E-state index contributed by atoms with van der Waals surface area (Å²) in [5.41, 5.74) is 1.80. The number of carbonyl (C=O) groups is 1. The zero-order valence-electron chi connectivity index (χ0n) is 10.9. The number of aromatic nitrogens is 1. The molecule has 1 aromatic carbocycles. The van der Waals surface area contributed by atoms with E-state index in [2.05, 4.69) is 11.1 Å². The number of fused-ring (bicyclic) bond motifs is 1. The van der Waals surface area contributed by atoms with Crippen LogP contribution in [0.1, 0.15) is 42.5 Å². The van der Waals surface area contributed by atoms with Crippen LogP contribution in [-0.4, -0.2) is 10.8 Å². The molecule has 0 fully saturated rings. The van der Waals surface area contributed by atoms with Crippen LogP contribution in [0.25, 0.3) is 10.8 Å². The van der Waals surface area contributed by atoms with Crippen LogP contribution in [0.3, 0.4) is 0 Å². The fourth-order valence-electron chi connectivity index (χ4n) is 2.71. The highest BCUT2D eigenvalue weighted by atomic mass is 16.1. The summed E-state index contributed by atoms with van der Waals surface area (Å²) in [7, 11) is 0. The molecule has 2 nitrogen and oxygen atoms in total. The van der Waals surface area contributed by atoms with Gasteiger partial charge in [0, 0.05) is 23.3 Å². The first-order valence-corrected chi connectivity index (χ1v) is 6.93. The van der Waals surface area contributed by atoms with Crippen molar-refractivity contribution in [3.8, 4) is 0 Å². The Hall–Kier alpha value is -1.96. The van der Waals surface area contributed by atoms with Gasteiger partial charge < -0.3 is 0 Å². The van der Waals surface area contributed by atoms with Crippen LogP contribution < -0.4 is 0 Å². The van der Waals surface area contributed by atoms with E-state index < -0.39 is 0 Å². The second-order valence-electron chi connectivity index (χ2n) is 5.06. The molecule has 0 atom stereocenters. The maximum absolute atomic E-state index is 12.7. The number of hydrogen-bond acceptors (Lipinski definition) is 2. The molecular formula is C17H17NO. The largest absolute Gasteiger partial charge is 0.289 e. The van der Waals surface area contributed by atoms with E-state index in [4.69, 9.17) is 0 Å². The summed E-state index contributed by atoms with van der Waals surface area (Å²) in [5.74, 6) is 0.193. The third-order valence-corrected chi connectivity index (χ3v) is 3.76. The number of pyridine rings is 1. The van der Waals surface area contributed by atoms with E-state index in [0.29, 0.717) is 0 Å². The lowest BCUT2D eigenvalue weighted by Crippen LogP contribution is -2.04. The molecule has 3 rings (SSSR count). The van der Waals surface area contributed by atoms with Crippen LogP contribution in [0, 0.1) is 0 Å². The van der Waals surface area contributed by atoms with Gasteiger partial charge >= 0.3 is 0 Å². The van der Waals surface area contributed by atoms with Gasteiger partial charge in [-0.2, -0.15) is 0 Å². The van der Waals surface area contributed by atoms with Crippen molar-refractivity contribution in [2.75, 3.05) is 0 Å². The molecule has 0 bridgehead atoms. The number of ketones is 1. The molecule has 0 saturated heterocycles. The summed E-state index contributed by atoms with van der Waals surface area (Å²) in [6.45, 7) is 0. The van der Waals surface area contributed by atoms with Gasteiger partial charge in [0.15, 0.2) is 5.78 Å². The van der Waals surface area contributed by atoms with Crippen molar-refractivity contribution in [3.05, 3.63) is 53.9 Å². The van der Waals surface area contributed by atoms with E-state index in [0.717, 1.165) is 41.2 Å². The van der Waals surface area contributed by atoms with E-state index in [1.165, 1.54) is 12.8 Å². The molecule has 96 valence electrons. The van der Waals surface area contributed by atoms with E-state index in [1.807, 2.05) is 30.5 Å². The molecule has 0 N–H and O–H groups in total. The fourth-order valence-corrected chi connectivity index (χ4v) is 2.71. The smallest absolute Gasteiger partial charge is 0.189 e. The van der Waals surface area contributed by atoms with E-state index in [1.54, 1.807) is 6.20 Å². The van der Waals surface area contributed by atoms with Crippen molar-refractivity contribution in [1.82, 2.24) is 4.98 Å². The van der Waals surface area contributed by atoms with E-state index in [-0.39, 0.29) is 5.78 Å². The van der Waals surface area contributed by atoms with Gasteiger partial charge in [-0.3, -0.25) is 9.78 Å². The highest BCUT2D eigenvalue weighted by molar-refractivity contribution is 6.16. The predicted octanol–water partition coefficient (Wildman–Crippen LogP) is 4.31. The molecule has 0 radical (unpaired) electrons. The minimum Gasteiger partial charge on any atom is -0.289 e. The SMILES string of the molecule is O=C(C1=CCCCCC1)c1cccc2cnccc12. The first kappa shape index (κ1) is 12.1. The average Bonchev–Trinajstić information content (AvgIpc) is 2.75. The summed E-state index contributed by atoms with van der Waals surface area (Å²) >= 11 is 0. The maximum atomic E-state index is 12.7. The average molecular weight is 251 g/mol. The van der Waals surface area contributed by atoms with Gasteiger partial charge in [0.05, 0.1) is 0 Å². The number of rotatable bonds is 2. The predicted molar refractivity (Wildman–Crippen MR) is 77.2 cm³/mol. The first-order valence-electron chi connectivity index (χ1n) is 6.93. The zero-order chi connectivity index (χ0) is 13.1. The Morgan fingerprint density at radius 2 is 2.05 bits per heavy atom. The van der Waals surface area contributed by atoms with Gasteiger partial charge in [-0.15, -0.1) is 0 Å². The Balaban J connectivity index is 2.04. The van der Waals surface area contributed by atoms with Gasteiger partial charge in [0.2, 0.25) is 0 Å². The summed E-state index contributed by atoms with van der Waals surface area (Å²) in [6, 6.07) is 7.80. The lowest BCUT2D eigenvalue weighted by molar-refractivity contribution is 0.103. The van der Waals surface area contributed by atoms with E-state index >= 15 is 0 Å². The number of benzene rings is 1. The topological polar surface area (TPSA) is 30.0 Å². The zero-order valence-corrected chi connectivity index (χ0v) is 10.9. The molecular weight excluding hydrogens is 234 g/mol. The van der Waals surface area contributed by atoms with Crippen LogP contribution in [0.4, 0.5) is 0 Å². The molecule has 1 heterocycles. The molecule has 0 saturated carbocycles. The van der Waals surface area contributed by atoms with Crippen molar-refractivity contribution in [1.29, 1.82) is 0 Å². The molecule has 0 spiro atoms. The van der Waals surface area contributed by atoms with Gasteiger partial charge in [0.1, 0.15) is 0 Å². The molecule has 2 aromatic rings. The van der Waals surface area contributed by atoms with Gasteiger partial charge in [-0.05, 0) is 42.7 Å². The molecule has 0 amide bonds. The summed E-state index contributed by atoms with van der Waals surface area (Å²) in [6.07, 6.45) is 11.2. The van der Waals surface area contributed by atoms with Crippen molar-refractivity contribution in [2.24, 2.45) is 0 Å². The monoisotopic (exact) mass is 251 g/mol. The molecule has 19 heavy (non-hydrogen) atoms. The quantitative estimate of drug-likeness (QED) is 0.744. The summed E-state index contributed by atoms with van der Waals surface area (Å²) in [4.78, 5) is 16.8. The lowest BCUT2D eigenvalue weighted by atomic mass is 9.96. The third-order valence-electron chi connectivity index (χ3n) is 3.76. The standard InChI is InChI=1S/C17H17NO/c19-17(13-6-3-1-2-4-7-13)16-9-5-8-14-12-18-11-10-15(14)16/h5-6,8-12H,1-4,7H2. The Labute approximate surface area is 113 Å². The molecule has 1 aliphatic rings. The second kappa shape index (κ2) is 5.35.